The summed E-state index contributed by atoms with van der Waals surface area (Å²) in [7, 11) is 0. The molecular weight excluding hydrogens is 285 g/mol. The molecule has 0 radical (unpaired) electrons. The minimum atomic E-state index is -0.0610. The maximum atomic E-state index is 12.2. The molecule has 0 unspecified atom stereocenters. The Morgan fingerprint density at radius 2 is 2.21 bits per heavy atom. The fourth-order valence-electron chi connectivity index (χ4n) is 2.30. The van der Waals surface area contributed by atoms with E-state index in [0.717, 1.165) is 17.5 Å². The molecule has 1 aromatic heterocycles. The first-order valence-electron chi connectivity index (χ1n) is 5.89. The maximum absolute atomic E-state index is 12.2. The normalized spacial score (nSPS) is 14.3. The Bertz CT molecular complexity index is 625. The standard InChI is InChI=1S/C13H11Cl2N3O/c14-9-3-8-1-2-18(6-10(8)11(15)4-9)13(19)12-5-16-7-17-12/h3-5,7H,1-2,6H2,(H,16,17). The number of imidazole rings is 1. The Hall–Kier alpha value is -1.52. The van der Waals surface area contributed by atoms with Crippen molar-refractivity contribution in [3.63, 3.8) is 0 Å². The van der Waals surface area contributed by atoms with Crippen LogP contribution in [0, 0.1) is 0 Å². The van der Waals surface area contributed by atoms with Crippen LogP contribution in [0.1, 0.15) is 21.6 Å². The lowest BCUT2D eigenvalue weighted by Crippen LogP contribution is -2.36. The number of amides is 1. The average molecular weight is 296 g/mol. The number of halogens is 2. The summed E-state index contributed by atoms with van der Waals surface area (Å²) in [4.78, 5) is 20.7. The van der Waals surface area contributed by atoms with Gasteiger partial charge in [0, 0.05) is 23.1 Å². The SMILES string of the molecule is O=C(c1cnc[nH]1)N1CCc2cc(Cl)cc(Cl)c2C1. The van der Waals surface area contributed by atoms with Crippen molar-refractivity contribution >= 4 is 29.1 Å². The van der Waals surface area contributed by atoms with E-state index in [1.54, 1.807) is 11.0 Å². The molecule has 2 aromatic rings. The first-order chi connectivity index (χ1) is 9.15. The van der Waals surface area contributed by atoms with Crippen molar-refractivity contribution in [2.24, 2.45) is 0 Å². The van der Waals surface area contributed by atoms with Gasteiger partial charge in [-0.25, -0.2) is 4.98 Å². The molecule has 4 nitrogen and oxygen atoms in total. The highest BCUT2D eigenvalue weighted by Gasteiger charge is 2.24. The van der Waals surface area contributed by atoms with E-state index in [-0.39, 0.29) is 5.91 Å². The second-order valence-corrected chi connectivity index (χ2v) is 5.31. The summed E-state index contributed by atoms with van der Waals surface area (Å²) in [6.07, 6.45) is 3.79. The van der Waals surface area contributed by atoms with E-state index in [0.29, 0.717) is 28.8 Å². The lowest BCUT2D eigenvalue weighted by molar-refractivity contribution is 0.0729. The van der Waals surface area contributed by atoms with Crippen LogP contribution in [0.4, 0.5) is 0 Å². The number of carbonyl (C=O) groups excluding carboxylic acids is 1. The molecule has 0 saturated carbocycles. The van der Waals surface area contributed by atoms with Gasteiger partial charge in [0.25, 0.3) is 5.91 Å². The number of rotatable bonds is 1. The van der Waals surface area contributed by atoms with Crippen LogP contribution >= 0.6 is 23.2 Å². The molecule has 3 rings (SSSR count). The van der Waals surface area contributed by atoms with Crippen LogP contribution < -0.4 is 0 Å². The number of nitrogens with one attached hydrogen (secondary N) is 1. The van der Waals surface area contributed by atoms with Crippen LogP contribution in [0.5, 0.6) is 0 Å². The van der Waals surface area contributed by atoms with Gasteiger partial charge in [-0.1, -0.05) is 23.2 Å². The van der Waals surface area contributed by atoms with E-state index in [1.165, 1.54) is 12.5 Å². The summed E-state index contributed by atoms with van der Waals surface area (Å²) in [5.74, 6) is -0.0610. The van der Waals surface area contributed by atoms with Gasteiger partial charge < -0.3 is 9.88 Å². The summed E-state index contributed by atoms with van der Waals surface area (Å²) < 4.78 is 0. The van der Waals surface area contributed by atoms with Crippen LogP contribution in [-0.2, 0) is 13.0 Å². The zero-order valence-corrected chi connectivity index (χ0v) is 11.5. The number of nitrogens with zero attached hydrogens (tertiary/aromatic N) is 2. The highest BCUT2D eigenvalue weighted by Crippen LogP contribution is 2.30. The monoisotopic (exact) mass is 295 g/mol. The van der Waals surface area contributed by atoms with Crippen LogP contribution in [0.3, 0.4) is 0 Å². The number of hydrogen-bond acceptors (Lipinski definition) is 2. The van der Waals surface area contributed by atoms with Crippen molar-refractivity contribution in [3.05, 3.63) is 51.5 Å². The summed E-state index contributed by atoms with van der Waals surface area (Å²) >= 11 is 12.2. The van der Waals surface area contributed by atoms with E-state index >= 15 is 0 Å². The zero-order valence-electron chi connectivity index (χ0n) is 9.99. The third kappa shape index (κ3) is 2.33. The second kappa shape index (κ2) is 4.87. The fraction of sp³-hybridized carbons (Fsp3) is 0.231. The maximum Gasteiger partial charge on any atom is 0.272 e. The molecule has 6 heteroatoms. The van der Waals surface area contributed by atoms with E-state index < -0.39 is 0 Å². The Labute approximate surface area is 120 Å². The molecule has 0 bridgehead atoms. The summed E-state index contributed by atoms with van der Waals surface area (Å²) in [5, 5.41) is 1.25. The van der Waals surface area contributed by atoms with Gasteiger partial charge in [-0.05, 0) is 29.7 Å². The fourth-order valence-corrected chi connectivity index (χ4v) is 2.89. The van der Waals surface area contributed by atoms with Crippen LogP contribution in [0.25, 0.3) is 0 Å². The number of hydrogen-bond donors (Lipinski definition) is 1. The van der Waals surface area contributed by atoms with Gasteiger partial charge in [0.15, 0.2) is 0 Å². The summed E-state index contributed by atoms with van der Waals surface area (Å²) in [5.41, 5.74) is 2.59. The van der Waals surface area contributed by atoms with Crippen LogP contribution in [0.2, 0.25) is 10.0 Å². The van der Waals surface area contributed by atoms with E-state index in [2.05, 4.69) is 9.97 Å². The molecule has 0 aliphatic carbocycles. The minimum Gasteiger partial charge on any atom is -0.341 e. The topological polar surface area (TPSA) is 49.0 Å². The lowest BCUT2D eigenvalue weighted by Gasteiger charge is -2.29. The highest BCUT2D eigenvalue weighted by atomic mass is 35.5. The Kier molecular flexibility index (Phi) is 3.21. The Balaban J connectivity index is 1.88. The minimum absolute atomic E-state index is 0.0610. The van der Waals surface area contributed by atoms with Crippen molar-refractivity contribution in [2.45, 2.75) is 13.0 Å². The van der Waals surface area contributed by atoms with Gasteiger partial charge >= 0.3 is 0 Å². The van der Waals surface area contributed by atoms with Crippen molar-refractivity contribution in [1.29, 1.82) is 0 Å². The molecule has 1 aliphatic rings. The van der Waals surface area contributed by atoms with Crippen molar-refractivity contribution < 1.29 is 4.79 Å². The molecule has 1 aliphatic heterocycles. The molecule has 1 N–H and O–H groups in total. The molecule has 2 heterocycles. The van der Waals surface area contributed by atoms with Gasteiger partial charge in [-0.2, -0.15) is 0 Å². The third-order valence-electron chi connectivity index (χ3n) is 3.27. The van der Waals surface area contributed by atoms with Gasteiger partial charge in [-0.3, -0.25) is 4.79 Å². The molecule has 0 atom stereocenters. The van der Waals surface area contributed by atoms with Gasteiger partial charge in [0.2, 0.25) is 0 Å². The second-order valence-electron chi connectivity index (χ2n) is 4.47. The smallest absolute Gasteiger partial charge is 0.272 e. The molecule has 0 saturated heterocycles. The molecule has 0 fully saturated rings. The highest BCUT2D eigenvalue weighted by molar-refractivity contribution is 6.35. The predicted octanol–water partition coefficient (Wildman–Crippen LogP) is 2.92. The van der Waals surface area contributed by atoms with Crippen molar-refractivity contribution in [2.75, 3.05) is 6.54 Å². The number of aromatic nitrogens is 2. The Morgan fingerprint density at radius 3 is 2.95 bits per heavy atom. The predicted molar refractivity (Wildman–Crippen MR) is 73.5 cm³/mol. The number of benzene rings is 1. The quantitative estimate of drug-likeness (QED) is 0.879. The first kappa shape index (κ1) is 12.5. The van der Waals surface area contributed by atoms with Crippen molar-refractivity contribution in [1.82, 2.24) is 14.9 Å². The summed E-state index contributed by atoms with van der Waals surface area (Å²) in [6.45, 7) is 1.16. The molecule has 0 spiro atoms. The number of H-pyrrole nitrogens is 1. The van der Waals surface area contributed by atoms with Gasteiger partial charge in [0.05, 0.1) is 12.5 Å². The average Bonchev–Trinajstić information content (AvgIpc) is 2.91. The van der Waals surface area contributed by atoms with Crippen LogP contribution in [0.15, 0.2) is 24.7 Å². The molecule has 98 valence electrons. The van der Waals surface area contributed by atoms with E-state index in [9.17, 15) is 4.79 Å². The molecule has 1 amide bonds. The number of carbonyl (C=O) groups is 1. The third-order valence-corrected chi connectivity index (χ3v) is 3.82. The van der Waals surface area contributed by atoms with E-state index in [4.69, 9.17) is 23.2 Å². The zero-order chi connectivity index (χ0) is 13.4. The molecular formula is C13H11Cl2N3O. The largest absolute Gasteiger partial charge is 0.341 e. The van der Waals surface area contributed by atoms with Gasteiger partial charge in [-0.15, -0.1) is 0 Å². The Morgan fingerprint density at radius 1 is 1.37 bits per heavy atom. The number of aromatic amines is 1. The summed E-state index contributed by atoms with van der Waals surface area (Å²) in [6, 6.07) is 3.63. The van der Waals surface area contributed by atoms with E-state index in [1.807, 2.05) is 6.07 Å². The van der Waals surface area contributed by atoms with Crippen LogP contribution in [-0.4, -0.2) is 27.3 Å². The van der Waals surface area contributed by atoms with Crippen molar-refractivity contribution in [3.8, 4) is 0 Å². The lowest BCUT2D eigenvalue weighted by atomic mass is 9.99. The molecule has 1 aromatic carbocycles. The van der Waals surface area contributed by atoms with Gasteiger partial charge in [0.1, 0.15) is 5.69 Å². The first-order valence-corrected chi connectivity index (χ1v) is 6.65. The molecule has 19 heavy (non-hydrogen) atoms. The number of fused-ring (bicyclic) bond motifs is 1.